The van der Waals surface area contributed by atoms with Crippen LogP contribution in [0.25, 0.3) is 10.8 Å². The zero-order valence-electron chi connectivity index (χ0n) is 16.9. The molecule has 8 nitrogen and oxygen atoms in total. The van der Waals surface area contributed by atoms with E-state index in [1.165, 1.54) is 12.1 Å². The van der Waals surface area contributed by atoms with Gasteiger partial charge >= 0.3 is 0 Å². The van der Waals surface area contributed by atoms with Gasteiger partial charge in [0, 0.05) is 17.0 Å². The number of benzene rings is 3. The molecule has 8 heteroatoms. The van der Waals surface area contributed by atoms with Gasteiger partial charge < -0.3 is 15.8 Å². The van der Waals surface area contributed by atoms with Crippen LogP contribution in [0.15, 0.2) is 71.8 Å². The van der Waals surface area contributed by atoms with E-state index in [0.717, 1.165) is 10.8 Å². The molecule has 0 saturated carbocycles. The summed E-state index contributed by atoms with van der Waals surface area (Å²) in [5, 5.41) is 8.70. The molecule has 0 aliphatic heterocycles. The average Bonchev–Trinajstić information content (AvgIpc) is 2.76. The fourth-order valence-electron chi connectivity index (χ4n) is 2.79. The Morgan fingerprint density at radius 3 is 2.35 bits per heavy atom. The topological polar surface area (TPSA) is 123 Å². The Morgan fingerprint density at radius 2 is 1.65 bits per heavy atom. The second-order valence-corrected chi connectivity index (χ2v) is 6.85. The van der Waals surface area contributed by atoms with Gasteiger partial charge in [0.05, 0.1) is 6.42 Å². The monoisotopic (exact) mass is 418 g/mol. The molecule has 4 N–H and O–H groups in total. The van der Waals surface area contributed by atoms with Gasteiger partial charge in [-0.1, -0.05) is 30.3 Å². The zero-order chi connectivity index (χ0) is 22.2. The molecule has 158 valence electrons. The Bertz CT molecular complexity index is 1140. The minimum atomic E-state index is -0.541. The number of primary amides is 1. The third-order valence-electron chi connectivity index (χ3n) is 4.33. The molecule has 3 rings (SSSR count). The second-order valence-electron chi connectivity index (χ2n) is 6.85. The maximum atomic E-state index is 12.1. The van der Waals surface area contributed by atoms with Gasteiger partial charge in [-0.15, -0.1) is 0 Å². The van der Waals surface area contributed by atoms with Gasteiger partial charge in [-0.25, -0.2) is 5.43 Å². The number of carbonyl (C=O) groups is 3. The molecule has 0 fully saturated rings. The van der Waals surface area contributed by atoms with E-state index in [1.807, 2.05) is 36.4 Å². The fraction of sp³-hybridized carbons (Fsp3) is 0.130. The van der Waals surface area contributed by atoms with Crippen LogP contribution in [-0.2, 0) is 9.59 Å². The lowest BCUT2D eigenvalue weighted by Gasteiger charge is -2.07. The number of nitrogens with zero attached hydrogens (tertiary/aromatic N) is 1. The van der Waals surface area contributed by atoms with E-state index in [4.69, 9.17) is 10.5 Å². The first kappa shape index (κ1) is 21.5. The third kappa shape index (κ3) is 6.40. The van der Waals surface area contributed by atoms with E-state index in [2.05, 4.69) is 15.8 Å². The summed E-state index contributed by atoms with van der Waals surface area (Å²) < 4.78 is 5.50. The number of ether oxygens (including phenoxy) is 1. The molecule has 0 bridgehead atoms. The molecular weight excluding hydrogens is 396 g/mol. The van der Waals surface area contributed by atoms with Crippen molar-refractivity contribution in [3.63, 3.8) is 0 Å². The van der Waals surface area contributed by atoms with Gasteiger partial charge in [0.2, 0.25) is 11.8 Å². The summed E-state index contributed by atoms with van der Waals surface area (Å²) in [4.78, 5) is 35.1. The Labute approximate surface area is 179 Å². The summed E-state index contributed by atoms with van der Waals surface area (Å²) in [5.41, 5.74) is 8.85. The summed E-state index contributed by atoms with van der Waals surface area (Å²) in [7, 11) is 0. The number of hydrogen-bond acceptors (Lipinski definition) is 5. The third-order valence-corrected chi connectivity index (χ3v) is 4.33. The number of amides is 3. The number of fused-ring (bicyclic) bond motifs is 1. The van der Waals surface area contributed by atoms with Gasteiger partial charge in [0.1, 0.15) is 5.75 Å². The molecule has 0 atom stereocenters. The van der Waals surface area contributed by atoms with Crippen LogP contribution in [0.4, 0.5) is 5.69 Å². The van der Waals surface area contributed by atoms with Gasteiger partial charge in [0.25, 0.3) is 5.91 Å². The minimum Gasteiger partial charge on any atom is -0.484 e. The first-order chi connectivity index (χ1) is 14.9. The molecule has 3 aromatic carbocycles. The quantitative estimate of drug-likeness (QED) is 0.384. The lowest BCUT2D eigenvalue weighted by Crippen LogP contribution is -2.26. The second kappa shape index (κ2) is 10.0. The maximum absolute atomic E-state index is 12.1. The molecule has 31 heavy (non-hydrogen) atoms. The Balaban J connectivity index is 1.44. The van der Waals surface area contributed by atoms with Crippen molar-refractivity contribution in [2.45, 2.75) is 13.3 Å². The predicted octanol–water partition coefficient (Wildman–Crippen LogP) is 2.84. The smallest absolute Gasteiger partial charge is 0.277 e. The summed E-state index contributed by atoms with van der Waals surface area (Å²) in [5.74, 6) is -0.706. The predicted molar refractivity (Wildman–Crippen MR) is 119 cm³/mol. The molecule has 3 aromatic rings. The average molecular weight is 418 g/mol. The number of carbonyl (C=O) groups excluding carboxylic acids is 3. The van der Waals surface area contributed by atoms with Crippen molar-refractivity contribution >= 4 is 39.9 Å². The van der Waals surface area contributed by atoms with Crippen LogP contribution in [0.3, 0.4) is 0 Å². The molecule has 0 heterocycles. The molecule has 3 amide bonds. The highest BCUT2D eigenvalue weighted by Gasteiger charge is 2.07. The number of nitrogens with one attached hydrogen (secondary N) is 2. The van der Waals surface area contributed by atoms with Crippen molar-refractivity contribution in [2.75, 3.05) is 11.9 Å². The highest BCUT2D eigenvalue weighted by molar-refractivity contribution is 6.06. The van der Waals surface area contributed by atoms with E-state index in [-0.39, 0.29) is 18.9 Å². The molecule has 0 spiro atoms. The first-order valence-corrected chi connectivity index (χ1v) is 9.54. The number of hydrazone groups is 1. The molecule has 0 aromatic heterocycles. The Hall–Kier alpha value is -4.20. The summed E-state index contributed by atoms with van der Waals surface area (Å²) >= 11 is 0. The van der Waals surface area contributed by atoms with E-state index in [1.54, 1.807) is 25.1 Å². The van der Waals surface area contributed by atoms with Gasteiger partial charge in [-0.2, -0.15) is 5.10 Å². The van der Waals surface area contributed by atoms with Crippen molar-refractivity contribution in [1.82, 2.24) is 5.43 Å². The van der Waals surface area contributed by atoms with Gasteiger partial charge in [-0.3, -0.25) is 14.4 Å². The van der Waals surface area contributed by atoms with E-state index < -0.39 is 11.8 Å². The molecule has 0 aliphatic rings. The van der Waals surface area contributed by atoms with E-state index in [9.17, 15) is 14.4 Å². The van der Waals surface area contributed by atoms with E-state index >= 15 is 0 Å². The van der Waals surface area contributed by atoms with Crippen LogP contribution in [0.2, 0.25) is 0 Å². The Morgan fingerprint density at radius 1 is 0.935 bits per heavy atom. The van der Waals surface area contributed by atoms with Crippen molar-refractivity contribution in [3.8, 4) is 5.75 Å². The number of rotatable bonds is 8. The van der Waals surface area contributed by atoms with Gasteiger partial charge in [0.15, 0.2) is 6.61 Å². The molecule has 0 aliphatic carbocycles. The van der Waals surface area contributed by atoms with Crippen LogP contribution in [0.1, 0.15) is 23.7 Å². The highest BCUT2D eigenvalue weighted by atomic mass is 16.5. The summed E-state index contributed by atoms with van der Waals surface area (Å²) in [6, 6.07) is 19.6. The molecule has 0 unspecified atom stereocenters. The van der Waals surface area contributed by atoms with Crippen molar-refractivity contribution in [2.24, 2.45) is 10.8 Å². The van der Waals surface area contributed by atoms with Crippen molar-refractivity contribution in [3.05, 3.63) is 72.3 Å². The lowest BCUT2D eigenvalue weighted by molar-refractivity contribution is -0.123. The van der Waals surface area contributed by atoms with Crippen LogP contribution < -0.4 is 21.2 Å². The maximum Gasteiger partial charge on any atom is 0.277 e. The van der Waals surface area contributed by atoms with Crippen LogP contribution in [0.5, 0.6) is 5.75 Å². The zero-order valence-corrected chi connectivity index (χ0v) is 16.9. The Kier molecular flexibility index (Phi) is 6.95. The molecular formula is C23H22N4O4. The lowest BCUT2D eigenvalue weighted by atomic mass is 10.1. The van der Waals surface area contributed by atoms with E-state index in [0.29, 0.717) is 22.7 Å². The van der Waals surface area contributed by atoms with Crippen LogP contribution in [-0.4, -0.2) is 30.0 Å². The van der Waals surface area contributed by atoms with Crippen LogP contribution in [0, 0.1) is 0 Å². The highest BCUT2D eigenvalue weighted by Crippen LogP contribution is 2.20. The number of hydrogen-bond donors (Lipinski definition) is 3. The standard InChI is InChI=1S/C23H22N4O4/c1-15(12-21(28)25-19-9-6-17(7-10-19)23(24)30)26-27-22(29)14-31-20-11-8-16-4-2-3-5-18(16)13-20/h2-11,13H,12,14H2,1H3,(H2,24,30)(H,25,28)(H,27,29)/b26-15+. The van der Waals surface area contributed by atoms with Crippen molar-refractivity contribution in [1.29, 1.82) is 0 Å². The number of anilines is 1. The van der Waals surface area contributed by atoms with Crippen LogP contribution >= 0.6 is 0 Å². The molecule has 0 saturated heterocycles. The largest absolute Gasteiger partial charge is 0.484 e. The summed E-state index contributed by atoms with van der Waals surface area (Å²) in [6.45, 7) is 1.42. The molecule has 0 radical (unpaired) electrons. The first-order valence-electron chi connectivity index (χ1n) is 9.54. The number of nitrogens with two attached hydrogens (primary N) is 1. The van der Waals surface area contributed by atoms with Crippen molar-refractivity contribution < 1.29 is 19.1 Å². The minimum absolute atomic E-state index is 0.0105. The normalized spacial score (nSPS) is 11.1. The SMILES string of the molecule is C/C(CC(=O)Nc1ccc(C(N)=O)cc1)=N\NC(=O)COc1ccc2ccccc2c1. The van der Waals surface area contributed by atoms with Gasteiger partial charge in [-0.05, 0) is 54.1 Å². The summed E-state index contributed by atoms with van der Waals surface area (Å²) in [6.07, 6.45) is -0.0105. The fourth-order valence-corrected chi connectivity index (χ4v) is 2.79.